The Kier molecular flexibility index (Phi) is 6.46. The molecule has 34 heavy (non-hydrogen) atoms. The van der Waals surface area contributed by atoms with Gasteiger partial charge in [-0.2, -0.15) is 13.2 Å². The number of amides is 1. The molecule has 2 heterocycles. The molecule has 178 valence electrons. The van der Waals surface area contributed by atoms with E-state index >= 15 is 0 Å². The molecule has 1 aromatic heterocycles. The number of nitrogens with zero attached hydrogens (tertiary/aromatic N) is 3. The van der Waals surface area contributed by atoms with Crippen LogP contribution in [0, 0.1) is 10.1 Å². The summed E-state index contributed by atoms with van der Waals surface area (Å²) in [6, 6.07) is 10.6. The first kappa shape index (κ1) is 23.9. The third-order valence-electron chi connectivity index (χ3n) is 5.44. The lowest BCUT2D eigenvalue weighted by Crippen LogP contribution is -2.48. The smallest absolute Gasteiger partial charge is 0.416 e. The van der Waals surface area contributed by atoms with Crippen LogP contribution in [0.1, 0.15) is 16.1 Å². The van der Waals surface area contributed by atoms with Crippen molar-refractivity contribution >= 4 is 40.5 Å². The Hall–Kier alpha value is -3.24. The molecule has 1 saturated heterocycles. The number of hydrogen-bond acceptors (Lipinski definition) is 5. The zero-order valence-corrected chi connectivity index (χ0v) is 18.8. The lowest BCUT2D eigenvalue weighted by Gasteiger charge is -2.35. The van der Waals surface area contributed by atoms with Crippen molar-refractivity contribution in [3.05, 3.63) is 80.0 Å². The van der Waals surface area contributed by atoms with Crippen LogP contribution in [0.2, 0.25) is 10.0 Å². The summed E-state index contributed by atoms with van der Waals surface area (Å²) >= 11 is 12.2. The monoisotopic (exact) mass is 513 g/mol. The first-order chi connectivity index (χ1) is 16.1. The summed E-state index contributed by atoms with van der Waals surface area (Å²) in [5.41, 5.74) is -1.12. The molecule has 0 aliphatic carbocycles. The Morgan fingerprint density at radius 2 is 1.74 bits per heavy atom. The standard InChI is InChI=1S/C22H16Cl2F3N3O4/c23-15-3-1-2-14(20(15)24)18-6-7-19(34-18)21(31)29-10-8-28(9-11-29)16-5-4-13(22(25,26)27)12-17(16)30(32)33/h1-7,12H,8-11H2. The fourth-order valence-electron chi connectivity index (χ4n) is 3.71. The zero-order chi connectivity index (χ0) is 24.6. The Labute approximate surface area is 201 Å². The number of furan rings is 1. The van der Waals surface area contributed by atoms with Crippen LogP contribution >= 0.6 is 23.2 Å². The second-order valence-corrected chi connectivity index (χ2v) is 8.29. The summed E-state index contributed by atoms with van der Waals surface area (Å²) in [4.78, 5) is 26.5. The van der Waals surface area contributed by atoms with E-state index in [0.717, 1.165) is 12.1 Å². The predicted octanol–water partition coefficient (Wildman–Crippen LogP) is 6.14. The maximum absolute atomic E-state index is 13.0. The first-order valence-electron chi connectivity index (χ1n) is 10.0. The number of piperazine rings is 1. The van der Waals surface area contributed by atoms with Crippen LogP contribution in [-0.4, -0.2) is 41.9 Å². The minimum absolute atomic E-state index is 0.0704. The molecule has 2 aromatic carbocycles. The van der Waals surface area contributed by atoms with Crippen molar-refractivity contribution in [3.8, 4) is 11.3 Å². The third kappa shape index (κ3) is 4.69. The molecule has 3 aromatic rings. The van der Waals surface area contributed by atoms with Crippen LogP contribution in [0.25, 0.3) is 11.3 Å². The Morgan fingerprint density at radius 1 is 1.03 bits per heavy atom. The molecular formula is C22H16Cl2F3N3O4. The second kappa shape index (κ2) is 9.19. The van der Waals surface area contributed by atoms with Crippen molar-refractivity contribution in [1.82, 2.24) is 4.90 Å². The second-order valence-electron chi connectivity index (χ2n) is 7.50. The summed E-state index contributed by atoms with van der Waals surface area (Å²) < 4.78 is 44.5. The van der Waals surface area contributed by atoms with Gasteiger partial charge in [0.15, 0.2) is 5.76 Å². The van der Waals surface area contributed by atoms with Gasteiger partial charge in [0.05, 0.1) is 20.5 Å². The van der Waals surface area contributed by atoms with E-state index in [1.165, 1.54) is 11.0 Å². The van der Waals surface area contributed by atoms with Gasteiger partial charge in [0.1, 0.15) is 11.4 Å². The quantitative estimate of drug-likeness (QED) is 0.309. The summed E-state index contributed by atoms with van der Waals surface area (Å²) in [6.45, 7) is 0.799. The highest BCUT2D eigenvalue weighted by Crippen LogP contribution is 2.37. The molecule has 0 bridgehead atoms. The van der Waals surface area contributed by atoms with Crippen LogP contribution in [-0.2, 0) is 6.18 Å². The number of nitro groups is 1. The van der Waals surface area contributed by atoms with E-state index < -0.39 is 22.4 Å². The van der Waals surface area contributed by atoms with Gasteiger partial charge in [-0.15, -0.1) is 0 Å². The van der Waals surface area contributed by atoms with E-state index in [1.807, 2.05) is 0 Å². The molecule has 4 rings (SSSR count). The first-order valence-corrected chi connectivity index (χ1v) is 10.8. The fourth-order valence-corrected chi connectivity index (χ4v) is 4.11. The summed E-state index contributed by atoms with van der Waals surface area (Å²) in [5.74, 6) is 0.0702. The number of hydrogen-bond donors (Lipinski definition) is 0. The molecular weight excluding hydrogens is 498 g/mol. The van der Waals surface area contributed by atoms with E-state index in [9.17, 15) is 28.1 Å². The SMILES string of the molecule is O=C(c1ccc(-c2cccc(Cl)c2Cl)o1)N1CCN(c2ccc(C(F)(F)F)cc2[N+](=O)[O-])CC1. The number of alkyl halides is 3. The molecule has 1 amide bonds. The van der Waals surface area contributed by atoms with Gasteiger partial charge in [0, 0.05) is 37.8 Å². The molecule has 0 spiro atoms. The van der Waals surface area contributed by atoms with Crippen LogP contribution in [0.15, 0.2) is 52.9 Å². The largest absolute Gasteiger partial charge is 0.451 e. The molecule has 1 fully saturated rings. The third-order valence-corrected chi connectivity index (χ3v) is 6.26. The van der Waals surface area contributed by atoms with Crippen LogP contribution < -0.4 is 4.90 Å². The fraction of sp³-hybridized carbons (Fsp3) is 0.227. The topological polar surface area (TPSA) is 79.8 Å². The van der Waals surface area contributed by atoms with E-state index in [1.54, 1.807) is 29.2 Å². The number of rotatable bonds is 4. The summed E-state index contributed by atoms with van der Waals surface area (Å²) in [6.07, 6.45) is -4.69. The molecule has 0 N–H and O–H groups in total. The van der Waals surface area contributed by atoms with Gasteiger partial charge in [-0.25, -0.2) is 0 Å². The lowest BCUT2D eigenvalue weighted by atomic mass is 10.1. The minimum Gasteiger partial charge on any atom is -0.451 e. The van der Waals surface area contributed by atoms with Crippen molar-refractivity contribution in [2.75, 3.05) is 31.1 Å². The van der Waals surface area contributed by atoms with Crippen LogP contribution in [0.4, 0.5) is 24.5 Å². The van der Waals surface area contributed by atoms with Gasteiger partial charge in [0.25, 0.3) is 11.6 Å². The van der Waals surface area contributed by atoms with Gasteiger partial charge < -0.3 is 14.2 Å². The van der Waals surface area contributed by atoms with E-state index in [-0.39, 0.29) is 43.5 Å². The normalized spacial score (nSPS) is 14.4. The molecule has 1 aliphatic heterocycles. The average Bonchev–Trinajstić information content (AvgIpc) is 3.29. The van der Waals surface area contributed by atoms with E-state index in [4.69, 9.17) is 27.6 Å². The lowest BCUT2D eigenvalue weighted by molar-refractivity contribution is -0.384. The van der Waals surface area contributed by atoms with Gasteiger partial charge >= 0.3 is 6.18 Å². The number of benzene rings is 2. The number of carbonyl (C=O) groups excluding carboxylic acids is 1. The van der Waals surface area contributed by atoms with Crippen LogP contribution in [0.3, 0.4) is 0 Å². The minimum atomic E-state index is -4.69. The van der Waals surface area contributed by atoms with Gasteiger partial charge in [-0.3, -0.25) is 14.9 Å². The van der Waals surface area contributed by atoms with Crippen molar-refractivity contribution in [1.29, 1.82) is 0 Å². The van der Waals surface area contributed by atoms with Gasteiger partial charge in [0.2, 0.25) is 0 Å². The highest BCUT2D eigenvalue weighted by Gasteiger charge is 2.34. The highest BCUT2D eigenvalue weighted by molar-refractivity contribution is 6.43. The number of anilines is 1. The molecule has 1 aliphatic rings. The Morgan fingerprint density at radius 3 is 2.38 bits per heavy atom. The number of halogens is 5. The Bertz CT molecular complexity index is 1250. The molecule has 0 unspecified atom stereocenters. The van der Waals surface area contributed by atoms with Crippen molar-refractivity contribution in [3.63, 3.8) is 0 Å². The van der Waals surface area contributed by atoms with Crippen molar-refractivity contribution < 1.29 is 27.3 Å². The molecule has 7 nitrogen and oxygen atoms in total. The zero-order valence-electron chi connectivity index (χ0n) is 17.3. The maximum Gasteiger partial charge on any atom is 0.416 e. The van der Waals surface area contributed by atoms with Crippen LogP contribution in [0.5, 0.6) is 0 Å². The average molecular weight is 514 g/mol. The summed E-state index contributed by atoms with van der Waals surface area (Å²) in [7, 11) is 0. The van der Waals surface area contributed by atoms with E-state index in [0.29, 0.717) is 27.4 Å². The Balaban J connectivity index is 1.48. The molecule has 0 saturated carbocycles. The predicted molar refractivity (Wildman–Crippen MR) is 120 cm³/mol. The van der Waals surface area contributed by atoms with Crippen molar-refractivity contribution in [2.45, 2.75) is 6.18 Å². The van der Waals surface area contributed by atoms with Crippen molar-refractivity contribution in [2.24, 2.45) is 0 Å². The molecule has 0 atom stereocenters. The highest BCUT2D eigenvalue weighted by atomic mass is 35.5. The van der Waals surface area contributed by atoms with Gasteiger partial charge in [-0.05, 0) is 36.4 Å². The van der Waals surface area contributed by atoms with Gasteiger partial charge in [-0.1, -0.05) is 29.3 Å². The number of nitro benzene ring substituents is 1. The summed E-state index contributed by atoms with van der Waals surface area (Å²) in [5, 5.41) is 12.0. The maximum atomic E-state index is 13.0. The van der Waals surface area contributed by atoms with E-state index in [2.05, 4.69) is 0 Å². The molecule has 12 heteroatoms. The number of carbonyl (C=O) groups is 1. The molecule has 0 radical (unpaired) electrons.